The summed E-state index contributed by atoms with van der Waals surface area (Å²) in [6, 6.07) is 5.73. The average Bonchev–Trinajstić information content (AvgIpc) is 3.37. The predicted molar refractivity (Wildman–Crippen MR) is 101 cm³/mol. The summed E-state index contributed by atoms with van der Waals surface area (Å²) in [6.07, 6.45) is 4.52. The monoisotopic (exact) mass is 384 g/mol. The Balaban J connectivity index is 1.27. The van der Waals surface area contributed by atoms with Crippen LogP contribution in [0.25, 0.3) is 0 Å². The van der Waals surface area contributed by atoms with Crippen LogP contribution in [0.3, 0.4) is 0 Å². The van der Waals surface area contributed by atoms with Gasteiger partial charge >= 0.3 is 0 Å². The van der Waals surface area contributed by atoms with E-state index in [0.29, 0.717) is 36.8 Å². The van der Waals surface area contributed by atoms with Crippen molar-refractivity contribution >= 4 is 17.3 Å². The average molecular weight is 384 g/mol. The van der Waals surface area contributed by atoms with Crippen molar-refractivity contribution < 1.29 is 9.47 Å². The van der Waals surface area contributed by atoms with E-state index in [-0.39, 0.29) is 0 Å². The molecule has 1 N–H and O–H groups in total. The Kier molecular flexibility index (Phi) is 5.10. The van der Waals surface area contributed by atoms with Crippen molar-refractivity contribution in [2.45, 2.75) is 25.8 Å². The zero-order valence-corrected chi connectivity index (χ0v) is 15.9. The molecule has 0 spiro atoms. The normalized spacial score (nSPS) is 18.1. The second kappa shape index (κ2) is 7.83. The SMILES string of the molecule is COc1ccc(C2CC2COc2ccnc(NCc3nnc(C)s3)n2)nc1. The number of aromatic nitrogens is 5. The fourth-order valence-corrected chi connectivity index (χ4v) is 3.44. The molecule has 0 amide bonds. The fourth-order valence-electron chi connectivity index (χ4n) is 2.79. The van der Waals surface area contributed by atoms with Crippen LogP contribution in [0.15, 0.2) is 30.6 Å². The molecule has 3 aromatic heterocycles. The third-order valence-electron chi connectivity index (χ3n) is 4.34. The van der Waals surface area contributed by atoms with Crippen LogP contribution >= 0.6 is 11.3 Å². The van der Waals surface area contributed by atoms with Crippen LogP contribution in [0.4, 0.5) is 5.95 Å². The quantitative estimate of drug-likeness (QED) is 0.633. The predicted octanol–water partition coefficient (Wildman–Crippen LogP) is 2.83. The van der Waals surface area contributed by atoms with Gasteiger partial charge in [-0.1, -0.05) is 11.3 Å². The van der Waals surface area contributed by atoms with Crippen LogP contribution in [-0.4, -0.2) is 38.9 Å². The number of aryl methyl sites for hydroxylation is 1. The van der Waals surface area contributed by atoms with Gasteiger partial charge in [0, 0.05) is 29.8 Å². The second-order valence-electron chi connectivity index (χ2n) is 6.32. The lowest BCUT2D eigenvalue weighted by molar-refractivity contribution is 0.285. The molecule has 0 saturated heterocycles. The third kappa shape index (κ3) is 4.48. The van der Waals surface area contributed by atoms with Gasteiger partial charge in [0.05, 0.1) is 26.5 Å². The summed E-state index contributed by atoms with van der Waals surface area (Å²) in [4.78, 5) is 13.1. The number of rotatable bonds is 8. The standard InChI is InChI=1S/C18H20N6O2S/c1-11-23-24-17(27-11)9-21-18-19-6-5-16(22-18)26-10-12-7-14(12)15-4-3-13(25-2)8-20-15/h3-6,8,12,14H,7,9-10H2,1-2H3,(H,19,21,22). The lowest BCUT2D eigenvalue weighted by Gasteiger charge is -2.07. The molecule has 1 saturated carbocycles. The molecule has 4 rings (SSSR count). The zero-order chi connectivity index (χ0) is 18.6. The number of hydrogen-bond donors (Lipinski definition) is 1. The molecule has 0 aromatic carbocycles. The molecule has 27 heavy (non-hydrogen) atoms. The van der Waals surface area contributed by atoms with E-state index in [1.54, 1.807) is 36.9 Å². The number of nitrogens with zero attached hydrogens (tertiary/aromatic N) is 5. The topological polar surface area (TPSA) is 94.9 Å². The summed E-state index contributed by atoms with van der Waals surface area (Å²) >= 11 is 1.55. The number of hydrogen-bond acceptors (Lipinski definition) is 9. The van der Waals surface area contributed by atoms with Crippen molar-refractivity contribution in [2.75, 3.05) is 19.0 Å². The molecule has 9 heteroatoms. The molecule has 1 aliphatic carbocycles. The fraction of sp³-hybridized carbons (Fsp3) is 0.389. The van der Waals surface area contributed by atoms with Gasteiger partial charge in [0.15, 0.2) is 0 Å². The third-order valence-corrected chi connectivity index (χ3v) is 5.18. The number of nitrogens with one attached hydrogen (secondary N) is 1. The molecule has 0 bridgehead atoms. The maximum atomic E-state index is 5.85. The van der Waals surface area contributed by atoms with E-state index in [0.717, 1.165) is 27.9 Å². The van der Waals surface area contributed by atoms with E-state index in [4.69, 9.17) is 9.47 Å². The minimum absolute atomic E-state index is 0.441. The van der Waals surface area contributed by atoms with Crippen molar-refractivity contribution in [3.05, 3.63) is 46.3 Å². The molecule has 1 aliphatic rings. The molecule has 2 atom stereocenters. The first-order valence-electron chi connectivity index (χ1n) is 8.70. The Bertz CT molecular complexity index is 901. The van der Waals surface area contributed by atoms with Crippen molar-refractivity contribution in [2.24, 2.45) is 5.92 Å². The van der Waals surface area contributed by atoms with E-state index in [9.17, 15) is 0 Å². The molecular formula is C18H20N6O2S. The molecule has 0 radical (unpaired) electrons. The number of pyridine rings is 1. The van der Waals surface area contributed by atoms with E-state index < -0.39 is 0 Å². The smallest absolute Gasteiger partial charge is 0.226 e. The van der Waals surface area contributed by atoms with Gasteiger partial charge in [-0.3, -0.25) is 4.98 Å². The number of methoxy groups -OCH3 is 1. The van der Waals surface area contributed by atoms with E-state index in [2.05, 4.69) is 30.5 Å². The van der Waals surface area contributed by atoms with Gasteiger partial charge in [-0.15, -0.1) is 10.2 Å². The largest absolute Gasteiger partial charge is 0.495 e. The van der Waals surface area contributed by atoms with Crippen molar-refractivity contribution in [3.63, 3.8) is 0 Å². The second-order valence-corrected chi connectivity index (χ2v) is 7.59. The Morgan fingerprint density at radius 1 is 1.22 bits per heavy atom. The first kappa shape index (κ1) is 17.6. The molecule has 2 unspecified atom stereocenters. The van der Waals surface area contributed by atoms with Gasteiger partial charge in [0.25, 0.3) is 0 Å². The molecule has 1 fully saturated rings. The Morgan fingerprint density at radius 2 is 2.15 bits per heavy atom. The van der Waals surface area contributed by atoms with Crippen LogP contribution in [0, 0.1) is 12.8 Å². The highest BCUT2D eigenvalue weighted by Crippen LogP contribution is 2.46. The molecule has 0 aliphatic heterocycles. The maximum absolute atomic E-state index is 5.85. The van der Waals surface area contributed by atoms with Gasteiger partial charge in [-0.25, -0.2) is 4.98 Å². The molecule has 140 valence electrons. The van der Waals surface area contributed by atoms with E-state index in [1.165, 1.54) is 0 Å². The van der Waals surface area contributed by atoms with Gasteiger partial charge < -0.3 is 14.8 Å². The minimum Gasteiger partial charge on any atom is -0.495 e. The lowest BCUT2D eigenvalue weighted by Crippen LogP contribution is -2.07. The summed E-state index contributed by atoms with van der Waals surface area (Å²) < 4.78 is 11.0. The highest BCUT2D eigenvalue weighted by molar-refractivity contribution is 7.11. The highest BCUT2D eigenvalue weighted by atomic mass is 32.1. The molecular weight excluding hydrogens is 364 g/mol. The van der Waals surface area contributed by atoms with Crippen molar-refractivity contribution in [3.8, 4) is 11.6 Å². The summed E-state index contributed by atoms with van der Waals surface area (Å²) in [5.74, 6) is 2.76. The Morgan fingerprint density at radius 3 is 2.89 bits per heavy atom. The van der Waals surface area contributed by atoms with Crippen LogP contribution in [0.2, 0.25) is 0 Å². The summed E-state index contributed by atoms with van der Waals surface area (Å²) in [5.41, 5.74) is 1.08. The highest BCUT2D eigenvalue weighted by Gasteiger charge is 2.40. The molecule has 3 heterocycles. The van der Waals surface area contributed by atoms with Crippen LogP contribution in [-0.2, 0) is 6.54 Å². The number of anilines is 1. The van der Waals surface area contributed by atoms with Gasteiger partial charge in [-0.2, -0.15) is 4.98 Å². The number of ether oxygens (including phenoxy) is 2. The van der Waals surface area contributed by atoms with Crippen molar-refractivity contribution in [1.29, 1.82) is 0 Å². The van der Waals surface area contributed by atoms with Crippen LogP contribution < -0.4 is 14.8 Å². The minimum atomic E-state index is 0.441. The molecule has 3 aromatic rings. The van der Waals surface area contributed by atoms with Crippen LogP contribution in [0.1, 0.15) is 28.0 Å². The zero-order valence-electron chi connectivity index (χ0n) is 15.1. The summed E-state index contributed by atoms with van der Waals surface area (Å²) in [5, 5.41) is 13.1. The Hall–Kier alpha value is -2.81. The lowest BCUT2D eigenvalue weighted by atomic mass is 10.2. The van der Waals surface area contributed by atoms with E-state index >= 15 is 0 Å². The summed E-state index contributed by atoms with van der Waals surface area (Å²) in [6.45, 7) is 3.09. The summed E-state index contributed by atoms with van der Waals surface area (Å²) in [7, 11) is 1.64. The van der Waals surface area contributed by atoms with Crippen LogP contribution in [0.5, 0.6) is 11.6 Å². The van der Waals surface area contributed by atoms with Gasteiger partial charge in [0.2, 0.25) is 11.8 Å². The Labute approximate surface area is 161 Å². The first-order chi connectivity index (χ1) is 13.2. The maximum Gasteiger partial charge on any atom is 0.226 e. The van der Waals surface area contributed by atoms with Gasteiger partial charge in [0.1, 0.15) is 15.8 Å². The van der Waals surface area contributed by atoms with Gasteiger partial charge in [-0.05, 0) is 25.5 Å². The molecule has 8 nitrogen and oxygen atoms in total. The van der Waals surface area contributed by atoms with Crippen molar-refractivity contribution in [1.82, 2.24) is 25.1 Å². The van der Waals surface area contributed by atoms with E-state index in [1.807, 2.05) is 19.1 Å². The first-order valence-corrected chi connectivity index (χ1v) is 9.51.